The molecule has 29 heavy (non-hydrogen) atoms. The van der Waals surface area contributed by atoms with Gasteiger partial charge in [-0.1, -0.05) is 37.8 Å². The second kappa shape index (κ2) is 8.09. The predicted octanol–water partition coefficient (Wildman–Crippen LogP) is 0.896. The highest BCUT2D eigenvalue weighted by Gasteiger charge is 2.39. The van der Waals surface area contributed by atoms with Crippen molar-refractivity contribution in [3.63, 3.8) is 0 Å². The zero-order valence-electron chi connectivity index (χ0n) is 17.0. The van der Waals surface area contributed by atoms with Gasteiger partial charge in [0.15, 0.2) is 0 Å². The van der Waals surface area contributed by atoms with Gasteiger partial charge in [-0.2, -0.15) is 0 Å². The average molecular weight is 419 g/mol. The lowest BCUT2D eigenvalue weighted by molar-refractivity contribution is -0.0521. The van der Waals surface area contributed by atoms with Crippen molar-refractivity contribution < 1.29 is 19.4 Å². The zero-order valence-corrected chi connectivity index (χ0v) is 18.0. The SMILES string of the molecule is Cc1cn([C@H]2C[C@H](OC(=O)c3ccccc3[Si](C)(C)C)[C@@H](CO)O2)c(=O)[nH]c1=O. The van der Waals surface area contributed by atoms with Crippen LogP contribution in [0.1, 0.15) is 28.6 Å². The van der Waals surface area contributed by atoms with Crippen molar-refractivity contribution in [1.82, 2.24) is 9.55 Å². The normalized spacial score (nSPS) is 21.9. The summed E-state index contributed by atoms with van der Waals surface area (Å²) in [5.41, 5.74) is -0.200. The van der Waals surface area contributed by atoms with Gasteiger partial charge in [0, 0.05) is 18.2 Å². The molecular formula is C20H26N2O6Si. The largest absolute Gasteiger partial charge is 0.456 e. The Balaban J connectivity index is 1.84. The van der Waals surface area contributed by atoms with Gasteiger partial charge >= 0.3 is 11.7 Å². The number of rotatable bonds is 5. The number of hydrogen-bond donors (Lipinski definition) is 2. The molecule has 0 amide bonds. The summed E-state index contributed by atoms with van der Waals surface area (Å²) in [5, 5.41) is 10.7. The maximum Gasteiger partial charge on any atom is 0.338 e. The van der Waals surface area contributed by atoms with E-state index < -0.39 is 43.7 Å². The Bertz CT molecular complexity index is 1020. The van der Waals surface area contributed by atoms with Crippen molar-refractivity contribution in [3.8, 4) is 0 Å². The Morgan fingerprint density at radius 3 is 2.66 bits per heavy atom. The van der Waals surface area contributed by atoms with Crippen LogP contribution in [0.5, 0.6) is 0 Å². The molecule has 8 nitrogen and oxygen atoms in total. The first kappa shape index (κ1) is 21.2. The lowest BCUT2D eigenvalue weighted by Crippen LogP contribution is -2.42. The van der Waals surface area contributed by atoms with Gasteiger partial charge in [0.05, 0.1) is 20.2 Å². The van der Waals surface area contributed by atoms with Crippen LogP contribution in [0.3, 0.4) is 0 Å². The number of esters is 1. The first-order valence-corrected chi connectivity index (χ1v) is 13.0. The van der Waals surface area contributed by atoms with E-state index in [-0.39, 0.29) is 13.0 Å². The van der Waals surface area contributed by atoms with Crippen molar-refractivity contribution >= 4 is 19.2 Å². The Labute approximate surface area is 169 Å². The van der Waals surface area contributed by atoms with Crippen molar-refractivity contribution in [2.24, 2.45) is 0 Å². The third-order valence-electron chi connectivity index (χ3n) is 5.03. The van der Waals surface area contributed by atoms with Crippen LogP contribution in [0.15, 0.2) is 40.1 Å². The highest BCUT2D eigenvalue weighted by Crippen LogP contribution is 2.30. The summed E-state index contributed by atoms with van der Waals surface area (Å²) in [6, 6.07) is 7.39. The average Bonchev–Trinajstić information content (AvgIpc) is 3.06. The molecule has 1 aromatic heterocycles. The van der Waals surface area contributed by atoms with Gasteiger partial charge in [0.25, 0.3) is 5.56 Å². The fraction of sp³-hybridized carbons (Fsp3) is 0.450. The lowest BCUT2D eigenvalue weighted by atomic mass is 10.1. The number of carbonyl (C=O) groups excluding carboxylic acids is 1. The molecule has 3 rings (SSSR count). The lowest BCUT2D eigenvalue weighted by Gasteiger charge is -2.22. The minimum Gasteiger partial charge on any atom is -0.456 e. The van der Waals surface area contributed by atoms with Crippen LogP contribution in [-0.4, -0.2) is 47.5 Å². The maximum absolute atomic E-state index is 12.9. The highest BCUT2D eigenvalue weighted by molar-refractivity contribution is 6.89. The van der Waals surface area contributed by atoms with Crippen LogP contribution in [0.4, 0.5) is 0 Å². The molecule has 0 spiro atoms. The predicted molar refractivity (Wildman–Crippen MR) is 110 cm³/mol. The van der Waals surface area contributed by atoms with Crippen molar-refractivity contribution in [3.05, 3.63) is 62.4 Å². The molecule has 1 fully saturated rings. The molecule has 1 aliphatic heterocycles. The third-order valence-corrected chi connectivity index (χ3v) is 7.08. The molecule has 2 aromatic rings. The number of nitrogens with zero attached hydrogens (tertiary/aromatic N) is 1. The summed E-state index contributed by atoms with van der Waals surface area (Å²) >= 11 is 0. The molecule has 1 saturated heterocycles. The fourth-order valence-corrected chi connectivity index (χ4v) is 5.06. The van der Waals surface area contributed by atoms with Crippen LogP contribution in [-0.2, 0) is 9.47 Å². The molecule has 0 bridgehead atoms. The number of carbonyl (C=O) groups is 1. The number of benzene rings is 1. The number of H-pyrrole nitrogens is 1. The number of ether oxygens (including phenoxy) is 2. The number of nitrogens with one attached hydrogen (secondary N) is 1. The van der Waals surface area contributed by atoms with E-state index in [2.05, 4.69) is 24.6 Å². The summed E-state index contributed by atoms with van der Waals surface area (Å²) in [4.78, 5) is 38.8. The van der Waals surface area contributed by atoms with Crippen LogP contribution in [0.25, 0.3) is 0 Å². The van der Waals surface area contributed by atoms with Crippen LogP contribution >= 0.6 is 0 Å². The molecule has 0 saturated carbocycles. The zero-order chi connectivity index (χ0) is 21.3. The first-order valence-electron chi connectivity index (χ1n) is 9.50. The van der Waals surface area contributed by atoms with E-state index in [0.717, 1.165) is 5.19 Å². The smallest absolute Gasteiger partial charge is 0.338 e. The van der Waals surface area contributed by atoms with Crippen LogP contribution < -0.4 is 16.4 Å². The van der Waals surface area contributed by atoms with Gasteiger partial charge in [-0.15, -0.1) is 0 Å². The summed E-state index contributed by atoms with van der Waals surface area (Å²) < 4.78 is 12.7. The van der Waals surface area contributed by atoms with E-state index in [1.807, 2.05) is 12.1 Å². The Kier molecular flexibility index (Phi) is 5.92. The number of aryl methyl sites for hydroxylation is 1. The summed E-state index contributed by atoms with van der Waals surface area (Å²) in [6.45, 7) is 7.67. The molecule has 0 aliphatic carbocycles. The van der Waals surface area contributed by atoms with E-state index in [1.54, 1.807) is 19.1 Å². The maximum atomic E-state index is 12.9. The number of aromatic nitrogens is 2. The highest BCUT2D eigenvalue weighted by atomic mass is 28.3. The van der Waals surface area contributed by atoms with Gasteiger partial charge < -0.3 is 14.6 Å². The monoisotopic (exact) mass is 418 g/mol. The molecule has 3 atom stereocenters. The fourth-order valence-electron chi connectivity index (χ4n) is 3.48. The standard InChI is InChI=1S/C20H26N2O6Si/c1-12-10-22(20(26)21-18(12)24)17-9-14(15(11-23)27-17)28-19(25)13-7-5-6-8-16(13)29(2,3)4/h5-8,10,14-15,17,23H,9,11H2,1-4H3,(H,21,24,26)/t14-,15+,17+/m0/s1. The Morgan fingerprint density at radius 2 is 2.00 bits per heavy atom. The van der Waals surface area contributed by atoms with E-state index in [0.29, 0.717) is 11.1 Å². The quantitative estimate of drug-likeness (QED) is 0.551. The van der Waals surface area contributed by atoms with Gasteiger partial charge in [-0.05, 0) is 18.2 Å². The molecule has 1 aromatic carbocycles. The van der Waals surface area contributed by atoms with Crippen molar-refractivity contribution in [2.45, 2.75) is 51.4 Å². The van der Waals surface area contributed by atoms with E-state index >= 15 is 0 Å². The molecule has 2 N–H and O–H groups in total. The topological polar surface area (TPSA) is 111 Å². The first-order chi connectivity index (χ1) is 13.6. The summed E-state index contributed by atoms with van der Waals surface area (Å²) in [6.07, 6.45) is -0.628. The molecular weight excluding hydrogens is 392 g/mol. The van der Waals surface area contributed by atoms with Gasteiger partial charge in [0.1, 0.15) is 18.4 Å². The Morgan fingerprint density at radius 1 is 1.31 bits per heavy atom. The third kappa shape index (κ3) is 4.41. The summed E-state index contributed by atoms with van der Waals surface area (Å²) in [7, 11) is -1.77. The van der Waals surface area contributed by atoms with Crippen molar-refractivity contribution in [1.29, 1.82) is 0 Å². The number of aromatic amines is 1. The minimum absolute atomic E-state index is 0.192. The number of hydrogen-bond acceptors (Lipinski definition) is 6. The molecule has 156 valence electrons. The minimum atomic E-state index is -1.77. The number of aliphatic hydroxyl groups excluding tert-OH is 1. The second-order valence-electron chi connectivity index (χ2n) is 8.27. The van der Waals surface area contributed by atoms with Crippen LogP contribution in [0, 0.1) is 6.92 Å². The Hall–Kier alpha value is -2.49. The van der Waals surface area contributed by atoms with Crippen LogP contribution in [0.2, 0.25) is 19.6 Å². The van der Waals surface area contributed by atoms with E-state index in [1.165, 1.54) is 10.8 Å². The molecule has 0 unspecified atom stereocenters. The van der Waals surface area contributed by atoms with E-state index in [9.17, 15) is 19.5 Å². The molecule has 2 heterocycles. The molecule has 9 heteroatoms. The second-order valence-corrected chi connectivity index (χ2v) is 13.3. The number of aliphatic hydroxyl groups is 1. The summed E-state index contributed by atoms with van der Waals surface area (Å²) in [5.74, 6) is -0.472. The van der Waals surface area contributed by atoms with Gasteiger partial charge in [0.2, 0.25) is 0 Å². The van der Waals surface area contributed by atoms with E-state index in [4.69, 9.17) is 9.47 Å². The van der Waals surface area contributed by atoms with Gasteiger partial charge in [-0.25, -0.2) is 9.59 Å². The molecule has 1 aliphatic rings. The molecule has 0 radical (unpaired) electrons. The van der Waals surface area contributed by atoms with Crippen molar-refractivity contribution in [2.75, 3.05) is 6.61 Å². The van der Waals surface area contributed by atoms with Gasteiger partial charge in [-0.3, -0.25) is 14.3 Å².